The van der Waals surface area contributed by atoms with Gasteiger partial charge in [0.2, 0.25) is 10.0 Å². The van der Waals surface area contributed by atoms with Crippen LogP contribution in [0.25, 0.3) is 0 Å². The van der Waals surface area contributed by atoms with Gasteiger partial charge in [0.05, 0.1) is 5.75 Å². The van der Waals surface area contributed by atoms with Crippen molar-refractivity contribution in [2.75, 3.05) is 39.6 Å². The van der Waals surface area contributed by atoms with Crippen LogP contribution in [0.3, 0.4) is 0 Å². The number of sulfonamides is 1. The summed E-state index contributed by atoms with van der Waals surface area (Å²) in [6.45, 7) is 1.80. The second-order valence-corrected chi connectivity index (χ2v) is 4.94. The Hall–Kier alpha value is 0.120. The Kier molecular flexibility index (Phi) is 12.4. The molecule has 0 aromatic heterocycles. The van der Waals surface area contributed by atoms with E-state index >= 15 is 0 Å². The molecule has 0 aliphatic carbocycles. The highest BCUT2D eigenvalue weighted by atomic mass is 35.5. The van der Waals surface area contributed by atoms with Gasteiger partial charge < -0.3 is 10.1 Å². The van der Waals surface area contributed by atoms with Crippen molar-refractivity contribution in [3.63, 3.8) is 0 Å². The Morgan fingerprint density at radius 3 is 2.40 bits per heavy atom. The zero-order valence-corrected chi connectivity index (χ0v) is 10.9. The van der Waals surface area contributed by atoms with Crippen LogP contribution in [-0.2, 0) is 14.8 Å². The van der Waals surface area contributed by atoms with E-state index in [9.17, 15) is 8.42 Å². The summed E-state index contributed by atoms with van der Waals surface area (Å²) in [5.74, 6) is 0.139. The first-order valence-electron chi connectivity index (χ1n) is 4.73. The van der Waals surface area contributed by atoms with Crippen LogP contribution in [0, 0.1) is 0 Å². The number of hydrogen-bond acceptors (Lipinski definition) is 4. The van der Waals surface area contributed by atoms with Gasteiger partial charge in [-0.05, 0) is 26.4 Å². The summed E-state index contributed by atoms with van der Waals surface area (Å²) >= 11 is 0. The van der Waals surface area contributed by atoms with Crippen LogP contribution in [0.4, 0.5) is 0 Å². The number of methoxy groups -OCH3 is 1. The van der Waals surface area contributed by atoms with Gasteiger partial charge >= 0.3 is 0 Å². The molecular weight excluding hydrogens is 240 g/mol. The van der Waals surface area contributed by atoms with Crippen molar-refractivity contribution < 1.29 is 13.2 Å². The minimum absolute atomic E-state index is 0. The molecule has 0 saturated heterocycles. The summed E-state index contributed by atoms with van der Waals surface area (Å²) in [5.41, 5.74) is 0. The molecule has 0 unspecified atom stereocenters. The third-order valence-corrected chi connectivity index (χ3v) is 3.16. The molecule has 94 valence electrons. The maximum atomic E-state index is 11.3. The Balaban J connectivity index is 0. The van der Waals surface area contributed by atoms with E-state index in [1.807, 2.05) is 7.05 Å². The molecule has 5 nitrogen and oxygen atoms in total. The molecule has 0 radical (unpaired) electrons. The van der Waals surface area contributed by atoms with Crippen LogP contribution in [0.5, 0.6) is 0 Å². The molecule has 0 aromatic carbocycles. The predicted octanol–water partition coefficient (Wildman–Crippen LogP) is -0.0264. The lowest BCUT2D eigenvalue weighted by Crippen LogP contribution is -2.29. The molecular formula is C8H21ClN2O3S. The van der Waals surface area contributed by atoms with E-state index in [1.165, 1.54) is 0 Å². The van der Waals surface area contributed by atoms with E-state index in [0.29, 0.717) is 19.6 Å². The number of ether oxygens (including phenoxy) is 1. The first-order valence-corrected chi connectivity index (χ1v) is 6.38. The zero-order valence-electron chi connectivity index (χ0n) is 9.28. The van der Waals surface area contributed by atoms with E-state index in [4.69, 9.17) is 4.74 Å². The summed E-state index contributed by atoms with van der Waals surface area (Å²) < 4.78 is 29.9. The van der Waals surface area contributed by atoms with E-state index < -0.39 is 10.0 Å². The van der Waals surface area contributed by atoms with Crippen LogP contribution in [0.1, 0.15) is 12.8 Å². The van der Waals surface area contributed by atoms with Crippen molar-refractivity contribution in [3.8, 4) is 0 Å². The summed E-state index contributed by atoms with van der Waals surface area (Å²) in [6.07, 6.45) is 1.35. The van der Waals surface area contributed by atoms with Crippen LogP contribution < -0.4 is 10.0 Å². The molecule has 0 bridgehead atoms. The van der Waals surface area contributed by atoms with Gasteiger partial charge in [-0.3, -0.25) is 0 Å². The third kappa shape index (κ3) is 12.0. The molecule has 0 amide bonds. The molecule has 0 spiro atoms. The lowest BCUT2D eigenvalue weighted by molar-refractivity contribution is 0.199. The highest BCUT2D eigenvalue weighted by Crippen LogP contribution is 1.90. The highest BCUT2D eigenvalue weighted by Gasteiger charge is 2.07. The molecule has 0 saturated carbocycles. The van der Waals surface area contributed by atoms with Gasteiger partial charge in [0.25, 0.3) is 0 Å². The maximum absolute atomic E-state index is 11.3. The zero-order chi connectivity index (χ0) is 10.9. The van der Waals surface area contributed by atoms with Gasteiger partial charge in [-0.25, -0.2) is 13.1 Å². The Bertz CT molecular complexity index is 222. The Morgan fingerprint density at radius 2 is 1.87 bits per heavy atom. The fourth-order valence-corrected chi connectivity index (χ4v) is 2.06. The molecule has 0 fully saturated rings. The first kappa shape index (κ1) is 17.5. The van der Waals surface area contributed by atoms with E-state index in [-0.39, 0.29) is 18.2 Å². The van der Waals surface area contributed by atoms with Gasteiger partial charge in [0.1, 0.15) is 0 Å². The largest absolute Gasteiger partial charge is 0.385 e. The van der Waals surface area contributed by atoms with Crippen molar-refractivity contribution in [1.82, 2.24) is 10.0 Å². The van der Waals surface area contributed by atoms with E-state index in [1.54, 1.807) is 7.11 Å². The lowest BCUT2D eigenvalue weighted by atomic mass is 10.4. The molecule has 0 aliphatic heterocycles. The normalized spacial score (nSPS) is 11.1. The predicted molar refractivity (Wildman–Crippen MR) is 64.1 cm³/mol. The van der Waals surface area contributed by atoms with Gasteiger partial charge in [-0.15, -0.1) is 12.4 Å². The monoisotopic (exact) mass is 260 g/mol. The maximum Gasteiger partial charge on any atom is 0.211 e. The second-order valence-electron chi connectivity index (χ2n) is 3.02. The molecule has 2 N–H and O–H groups in total. The average Bonchev–Trinajstić information content (AvgIpc) is 2.13. The molecule has 0 heterocycles. The van der Waals surface area contributed by atoms with Crippen molar-refractivity contribution in [2.24, 2.45) is 0 Å². The quantitative estimate of drug-likeness (QED) is 0.572. The van der Waals surface area contributed by atoms with Crippen LogP contribution in [-0.4, -0.2) is 48.0 Å². The van der Waals surface area contributed by atoms with Gasteiger partial charge in [0.15, 0.2) is 0 Å². The van der Waals surface area contributed by atoms with E-state index in [0.717, 1.165) is 13.0 Å². The van der Waals surface area contributed by atoms with Crippen molar-refractivity contribution in [2.45, 2.75) is 12.8 Å². The van der Waals surface area contributed by atoms with Gasteiger partial charge in [0, 0.05) is 20.3 Å². The lowest BCUT2D eigenvalue weighted by Gasteiger charge is -2.05. The number of rotatable bonds is 9. The summed E-state index contributed by atoms with van der Waals surface area (Å²) in [5, 5.41) is 2.95. The van der Waals surface area contributed by atoms with Crippen molar-refractivity contribution in [1.29, 1.82) is 0 Å². The minimum Gasteiger partial charge on any atom is -0.385 e. The van der Waals surface area contributed by atoms with Crippen LogP contribution in [0.2, 0.25) is 0 Å². The smallest absolute Gasteiger partial charge is 0.211 e. The third-order valence-electron chi connectivity index (χ3n) is 1.69. The van der Waals surface area contributed by atoms with Gasteiger partial charge in [-0.2, -0.15) is 0 Å². The summed E-state index contributed by atoms with van der Waals surface area (Å²) in [4.78, 5) is 0. The molecule has 15 heavy (non-hydrogen) atoms. The average molecular weight is 261 g/mol. The highest BCUT2D eigenvalue weighted by molar-refractivity contribution is 7.89. The molecule has 0 atom stereocenters. The molecule has 7 heteroatoms. The molecule has 0 rings (SSSR count). The first-order chi connectivity index (χ1) is 6.62. The second kappa shape index (κ2) is 10.6. The Morgan fingerprint density at radius 1 is 1.20 bits per heavy atom. The summed E-state index contributed by atoms with van der Waals surface area (Å²) in [7, 11) is 0.311. The fraction of sp³-hybridized carbons (Fsp3) is 1.00. The number of halogens is 1. The fourth-order valence-electron chi connectivity index (χ4n) is 0.958. The van der Waals surface area contributed by atoms with E-state index in [2.05, 4.69) is 10.0 Å². The number of hydrogen-bond donors (Lipinski definition) is 2. The Labute approximate surface area is 98.4 Å². The van der Waals surface area contributed by atoms with Gasteiger partial charge in [-0.1, -0.05) is 0 Å². The van der Waals surface area contributed by atoms with Crippen LogP contribution in [0.15, 0.2) is 0 Å². The SMILES string of the molecule is CNCCCNS(=O)(=O)CCCOC.Cl. The van der Waals surface area contributed by atoms with Crippen molar-refractivity contribution >= 4 is 22.4 Å². The minimum atomic E-state index is -3.09. The summed E-state index contributed by atoms with van der Waals surface area (Å²) in [6, 6.07) is 0. The molecule has 0 aromatic rings. The number of nitrogens with one attached hydrogen (secondary N) is 2. The molecule has 0 aliphatic rings. The van der Waals surface area contributed by atoms with Crippen molar-refractivity contribution in [3.05, 3.63) is 0 Å². The van der Waals surface area contributed by atoms with Crippen LogP contribution >= 0.6 is 12.4 Å². The topological polar surface area (TPSA) is 67.4 Å². The standard InChI is InChI=1S/C8H20N2O3S.ClH/c1-9-5-3-6-10-14(11,12)8-4-7-13-2;/h9-10H,3-8H2,1-2H3;1H.